The van der Waals surface area contributed by atoms with Crippen molar-refractivity contribution in [2.75, 3.05) is 0 Å². The number of rotatable bonds is 2. The van der Waals surface area contributed by atoms with Gasteiger partial charge in [0, 0.05) is 12.1 Å². The molecular weight excluding hydrogens is 250 g/mol. The summed E-state index contributed by atoms with van der Waals surface area (Å²) in [4.78, 5) is 28.7. The van der Waals surface area contributed by atoms with Crippen molar-refractivity contribution in [2.24, 2.45) is 0 Å². The first-order chi connectivity index (χ1) is 8.76. The number of nitrogens with one attached hydrogen (secondary N) is 1. The highest BCUT2D eigenvalue weighted by atomic mass is 16.6. The van der Waals surface area contributed by atoms with Crippen molar-refractivity contribution in [3.05, 3.63) is 34.1 Å². The Morgan fingerprint density at radius 1 is 1.42 bits per heavy atom. The Morgan fingerprint density at radius 2 is 2.11 bits per heavy atom. The van der Waals surface area contributed by atoms with Crippen LogP contribution in [-0.2, 0) is 4.74 Å². The Kier molecular flexibility index (Phi) is 2.97. The van der Waals surface area contributed by atoms with Crippen molar-refractivity contribution in [3.8, 4) is 0 Å². The highest BCUT2D eigenvalue weighted by Crippen LogP contribution is 2.20. The van der Waals surface area contributed by atoms with Gasteiger partial charge in [0.2, 0.25) is 5.82 Å². The second-order valence-corrected chi connectivity index (χ2v) is 5.05. The Balaban J connectivity index is 2.36. The van der Waals surface area contributed by atoms with Gasteiger partial charge in [-0.1, -0.05) is 0 Å². The van der Waals surface area contributed by atoms with Gasteiger partial charge in [0.25, 0.3) is 5.69 Å². The summed E-state index contributed by atoms with van der Waals surface area (Å²) >= 11 is 0. The maximum Gasteiger partial charge on any atom is 0.374 e. The summed E-state index contributed by atoms with van der Waals surface area (Å²) < 4.78 is 5.16. The summed E-state index contributed by atoms with van der Waals surface area (Å²) in [5.41, 5.74) is 0.207. The quantitative estimate of drug-likeness (QED) is 0.509. The molecule has 0 aliphatic rings. The molecular formula is C12H13N3O4. The van der Waals surface area contributed by atoms with Crippen LogP contribution < -0.4 is 0 Å². The molecule has 0 saturated carbocycles. The average Bonchev–Trinajstić information content (AvgIpc) is 2.68. The lowest BCUT2D eigenvalue weighted by Crippen LogP contribution is -2.24. The van der Waals surface area contributed by atoms with E-state index in [1.807, 2.05) is 0 Å². The van der Waals surface area contributed by atoms with Gasteiger partial charge in [-0.05, 0) is 26.8 Å². The lowest BCUT2D eigenvalue weighted by atomic mass is 10.2. The van der Waals surface area contributed by atoms with Crippen LogP contribution in [0.4, 0.5) is 5.69 Å². The summed E-state index contributed by atoms with van der Waals surface area (Å²) in [5.74, 6) is -0.559. The van der Waals surface area contributed by atoms with E-state index in [-0.39, 0.29) is 11.5 Å². The third-order valence-electron chi connectivity index (χ3n) is 2.27. The second kappa shape index (κ2) is 4.34. The van der Waals surface area contributed by atoms with E-state index in [0.29, 0.717) is 11.0 Å². The zero-order chi connectivity index (χ0) is 14.2. The summed E-state index contributed by atoms with van der Waals surface area (Å²) in [6, 6.07) is 4.16. The molecule has 0 radical (unpaired) electrons. The molecule has 0 aliphatic heterocycles. The summed E-state index contributed by atoms with van der Waals surface area (Å²) in [5, 5.41) is 10.6. The number of nitro benzene ring substituents is 1. The molecule has 0 bridgehead atoms. The summed E-state index contributed by atoms with van der Waals surface area (Å²) in [6.45, 7) is 5.25. The van der Waals surface area contributed by atoms with E-state index in [9.17, 15) is 14.9 Å². The first kappa shape index (κ1) is 13.0. The molecule has 0 amide bonds. The molecule has 100 valence electrons. The maximum absolute atomic E-state index is 11.8. The number of nitro groups is 1. The van der Waals surface area contributed by atoms with Crippen LogP contribution in [0.1, 0.15) is 31.4 Å². The molecule has 1 aromatic carbocycles. The Morgan fingerprint density at radius 3 is 2.68 bits per heavy atom. The Labute approximate surface area is 108 Å². The smallest absolute Gasteiger partial charge is 0.374 e. The van der Waals surface area contributed by atoms with Crippen molar-refractivity contribution in [1.82, 2.24) is 9.97 Å². The number of carbonyl (C=O) groups excluding carboxylic acids is 1. The minimum Gasteiger partial charge on any atom is -0.454 e. The maximum atomic E-state index is 11.8. The van der Waals surface area contributed by atoms with Crippen molar-refractivity contribution >= 4 is 22.7 Å². The lowest BCUT2D eigenvalue weighted by molar-refractivity contribution is -0.384. The molecule has 0 aliphatic carbocycles. The van der Waals surface area contributed by atoms with E-state index < -0.39 is 16.5 Å². The molecule has 0 fully saturated rings. The van der Waals surface area contributed by atoms with E-state index in [0.717, 1.165) is 0 Å². The van der Waals surface area contributed by atoms with Gasteiger partial charge in [0.1, 0.15) is 5.60 Å². The van der Waals surface area contributed by atoms with Crippen molar-refractivity contribution in [3.63, 3.8) is 0 Å². The monoisotopic (exact) mass is 263 g/mol. The molecule has 1 aromatic heterocycles. The molecule has 1 heterocycles. The van der Waals surface area contributed by atoms with E-state index >= 15 is 0 Å². The van der Waals surface area contributed by atoms with Crippen LogP contribution in [0.25, 0.3) is 11.0 Å². The van der Waals surface area contributed by atoms with Crippen LogP contribution in [-0.4, -0.2) is 26.5 Å². The molecule has 2 aromatic rings. The van der Waals surface area contributed by atoms with Gasteiger partial charge in [-0.25, -0.2) is 9.78 Å². The SMILES string of the molecule is CC(C)(C)OC(=O)c1nc2cc([N+](=O)[O-])ccc2[nH]1. The number of benzene rings is 1. The largest absolute Gasteiger partial charge is 0.454 e. The number of non-ortho nitro benzene ring substituents is 1. The number of ether oxygens (including phenoxy) is 1. The van der Waals surface area contributed by atoms with Crippen molar-refractivity contribution in [2.45, 2.75) is 26.4 Å². The standard InChI is InChI=1S/C12H13N3O4/c1-12(2,3)19-11(16)10-13-8-5-4-7(15(17)18)6-9(8)14-10/h4-6H,1-3H3,(H,13,14). The first-order valence-electron chi connectivity index (χ1n) is 5.64. The molecule has 1 N–H and O–H groups in total. The number of fused-ring (bicyclic) bond motifs is 1. The molecule has 0 spiro atoms. The van der Waals surface area contributed by atoms with E-state index in [1.165, 1.54) is 18.2 Å². The predicted octanol–water partition coefficient (Wildman–Crippen LogP) is 2.43. The zero-order valence-corrected chi connectivity index (χ0v) is 10.8. The normalized spacial score (nSPS) is 11.5. The minimum absolute atomic E-state index is 0.0328. The number of aromatic amines is 1. The van der Waals surface area contributed by atoms with Crippen LogP contribution in [0.2, 0.25) is 0 Å². The Bertz CT molecular complexity index is 655. The molecule has 0 unspecified atom stereocenters. The van der Waals surface area contributed by atoms with Crippen LogP contribution in [0.5, 0.6) is 0 Å². The van der Waals surface area contributed by atoms with Gasteiger partial charge in [-0.2, -0.15) is 0 Å². The molecule has 7 heteroatoms. The van der Waals surface area contributed by atoms with Gasteiger partial charge in [0.15, 0.2) is 0 Å². The van der Waals surface area contributed by atoms with Crippen LogP contribution in [0.3, 0.4) is 0 Å². The topological polar surface area (TPSA) is 98.1 Å². The Hall–Kier alpha value is -2.44. The fraction of sp³-hybridized carbons (Fsp3) is 0.333. The van der Waals surface area contributed by atoms with Gasteiger partial charge >= 0.3 is 5.97 Å². The highest BCUT2D eigenvalue weighted by Gasteiger charge is 2.21. The van der Waals surface area contributed by atoms with Crippen LogP contribution >= 0.6 is 0 Å². The van der Waals surface area contributed by atoms with Crippen LogP contribution in [0.15, 0.2) is 18.2 Å². The van der Waals surface area contributed by atoms with E-state index in [4.69, 9.17) is 4.74 Å². The van der Waals surface area contributed by atoms with Gasteiger partial charge in [0.05, 0.1) is 16.0 Å². The lowest BCUT2D eigenvalue weighted by Gasteiger charge is -2.18. The molecule has 0 atom stereocenters. The summed E-state index contributed by atoms with van der Waals surface area (Å²) in [7, 11) is 0. The molecule has 19 heavy (non-hydrogen) atoms. The van der Waals surface area contributed by atoms with Gasteiger partial charge < -0.3 is 9.72 Å². The number of H-pyrrole nitrogens is 1. The fourth-order valence-electron chi connectivity index (χ4n) is 1.53. The third-order valence-corrected chi connectivity index (χ3v) is 2.27. The predicted molar refractivity (Wildman–Crippen MR) is 67.9 cm³/mol. The number of esters is 1. The zero-order valence-electron chi connectivity index (χ0n) is 10.8. The second-order valence-electron chi connectivity index (χ2n) is 5.05. The van der Waals surface area contributed by atoms with Crippen LogP contribution in [0, 0.1) is 10.1 Å². The minimum atomic E-state index is -0.623. The van der Waals surface area contributed by atoms with Crippen molar-refractivity contribution in [1.29, 1.82) is 0 Å². The number of nitrogens with zero attached hydrogens (tertiary/aromatic N) is 2. The highest BCUT2D eigenvalue weighted by molar-refractivity contribution is 5.91. The molecule has 2 rings (SSSR count). The van der Waals surface area contributed by atoms with Gasteiger partial charge in [-0.15, -0.1) is 0 Å². The number of carbonyl (C=O) groups is 1. The number of hydrogen-bond donors (Lipinski definition) is 1. The number of hydrogen-bond acceptors (Lipinski definition) is 5. The van der Waals surface area contributed by atoms with Gasteiger partial charge in [-0.3, -0.25) is 10.1 Å². The molecule has 7 nitrogen and oxygen atoms in total. The fourth-order valence-corrected chi connectivity index (χ4v) is 1.53. The summed E-state index contributed by atoms with van der Waals surface area (Å²) in [6.07, 6.45) is 0. The third kappa shape index (κ3) is 2.87. The first-order valence-corrected chi connectivity index (χ1v) is 5.64. The average molecular weight is 263 g/mol. The van der Waals surface area contributed by atoms with E-state index in [1.54, 1.807) is 20.8 Å². The van der Waals surface area contributed by atoms with E-state index in [2.05, 4.69) is 9.97 Å². The molecule has 0 saturated heterocycles. The number of imidazole rings is 1. The number of aromatic nitrogens is 2. The van der Waals surface area contributed by atoms with Crippen molar-refractivity contribution < 1.29 is 14.5 Å².